The monoisotopic (exact) mass is 398 g/mol. The van der Waals surface area contributed by atoms with E-state index in [1.165, 1.54) is 0 Å². The van der Waals surface area contributed by atoms with Crippen LogP contribution in [0.4, 0.5) is 5.82 Å². The number of ether oxygens (including phenoxy) is 2. The predicted octanol–water partition coefficient (Wildman–Crippen LogP) is 4.57. The maximum Gasteiger partial charge on any atom is 0.163 e. The molecule has 1 saturated carbocycles. The molecule has 1 aromatic carbocycles. The van der Waals surface area contributed by atoms with Gasteiger partial charge in [0.25, 0.3) is 0 Å². The highest BCUT2D eigenvalue weighted by atomic mass is 35.5. The topological polar surface area (TPSA) is 52.4 Å². The van der Waals surface area contributed by atoms with Gasteiger partial charge in [0.2, 0.25) is 0 Å². The highest BCUT2D eigenvalue weighted by Crippen LogP contribution is 2.41. The number of nitrogens with zero attached hydrogens (tertiary/aromatic N) is 4. The Morgan fingerprint density at radius 3 is 2.75 bits per heavy atom. The molecule has 4 rings (SSSR count). The van der Waals surface area contributed by atoms with Gasteiger partial charge in [-0.25, -0.2) is 9.97 Å². The van der Waals surface area contributed by atoms with Crippen molar-refractivity contribution in [3.8, 4) is 11.5 Å². The van der Waals surface area contributed by atoms with Crippen molar-refractivity contribution in [2.45, 2.75) is 19.4 Å². The zero-order valence-electron chi connectivity index (χ0n) is 16.3. The van der Waals surface area contributed by atoms with E-state index >= 15 is 0 Å². The molecule has 0 aliphatic heterocycles. The van der Waals surface area contributed by atoms with E-state index in [-0.39, 0.29) is 0 Å². The molecule has 1 aliphatic carbocycles. The summed E-state index contributed by atoms with van der Waals surface area (Å²) in [6.45, 7) is 4.92. The Labute approximate surface area is 169 Å². The van der Waals surface area contributed by atoms with E-state index in [0.717, 1.165) is 52.5 Å². The first-order chi connectivity index (χ1) is 13.5. The Balaban J connectivity index is 1.81. The summed E-state index contributed by atoms with van der Waals surface area (Å²) in [4.78, 5) is 11.3. The normalized spacial score (nSPS) is 13.6. The number of hydrogen-bond donors (Lipinski definition) is 0. The summed E-state index contributed by atoms with van der Waals surface area (Å²) in [6.07, 6.45) is 4.06. The molecule has 7 heteroatoms. The van der Waals surface area contributed by atoms with Gasteiger partial charge in [-0.2, -0.15) is 0 Å². The van der Waals surface area contributed by atoms with Gasteiger partial charge in [-0.05, 0) is 30.9 Å². The molecular formula is C21H23ClN4O2. The minimum Gasteiger partial charge on any atom is -0.497 e. The number of imidazole rings is 1. The lowest BCUT2D eigenvalue weighted by atomic mass is 10.1. The van der Waals surface area contributed by atoms with Gasteiger partial charge in [0.1, 0.15) is 22.2 Å². The van der Waals surface area contributed by atoms with E-state index in [0.29, 0.717) is 17.6 Å². The second-order valence-corrected chi connectivity index (χ2v) is 7.41. The van der Waals surface area contributed by atoms with Crippen LogP contribution in [0, 0.1) is 5.92 Å². The van der Waals surface area contributed by atoms with Crippen LogP contribution < -0.4 is 14.4 Å². The third-order valence-corrected chi connectivity index (χ3v) is 5.33. The van der Waals surface area contributed by atoms with Gasteiger partial charge in [0.05, 0.1) is 32.6 Å². The van der Waals surface area contributed by atoms with Crippen molar-refractivity contribution in [2.75, 3.05) is 19.1 Å². The summed E-state index contributed by atoms with van der Waals surface area (Å²) in [5.74, 6) is 2.69. The fraction of sp³-hybridized carbons (Fsp3) is 0.333. The van der Waals surface area contributed by atoms with Crippen molar-refractivity contribution in [1.29, 1.82) is 0 Å². The highest BCUT2D eigenvalue weighted by molar-refractivity contribution is 6.30. The number of benzene rings is 1. The van der Waals surface area contributed by atoms with Crippen molar-refractivity contribution in [2.24, 2.45) is 13.0 Å². The molecule has 6 nitrogen and oxygen atoms in total. The number of methoxy groups -OCH3 is 2. The third-order valence-electron chi connectivity index (χ3n) is 5.14. The maximum atomic E-state index is 6.35. The van der Waals surface area contributed by atoms with Crippen molar-refractivity contribution >= 4 is 28.5 Å². The molecule has 3 aromatic rings. The molecule has 0 spiro atoms. The van der Waals surface area contributed by atoms with Crippen LogP contribution in [-0.2, 0) is 13.6 Å². The lowest BCUT2D eigenvalue weighted by molar-refractivity contribution is 0.391. The summed E-state index contributed by atoms with van der Waals surface area (Å²) < 4.78 is 12.9. The zero-order chi connectivity index (χ0) is 19.8. The molecule has 0 N–H and O–H groups in total. The first-order valence-corrected chi connectivity index (χ1v) is 9.54. The molecule has 0 radical (unpaired) electrons. The summed E-state index contributed by atoms with van der Waals surface area (Å²) >= 11 is 6.35. The fourth-order valence-corrected chi connectivity index (χ4v) is 3.56. The van der Waals surface area contributed by atoms with Gasteiger partial charge in [-0.3, -0.25) is 0 Å². The molecule has 0 bridgehead atoms. The van der Waals surface area contributed by atoms with Crippen LogP contribution >= 0.6 is 11.6 Å². The zero-order valence-corrected chi connectivity index (χ0v) is 17.0. The van der Waals surface area contributed by atoms with Crippen LogP contribution in [0.15, 0.2) is 42.9 Å². The lowest BCUT2D eigenvalue weighted by Gasteiger charge is -2.27. The number of pyridine rings is 1. The van der Waals surface area contributed by atoms with E-state index in [4.69, 9.17) is 21.1 Å². The Morgan fingerprint density at radius 1 is 1.29 bits per heavy atom. The SMILES string of the molecule is C=C(C1CC1)N(Cc1ccc(OC)cc1OC)c1nc(Cl)cc2c1ncn2C. The number of rotatable bonds is 7. The molecule has 1 fully saturated rings. The molecule has 0 amide bonds. The third kappa shape index (κ3) is 3.40. The smallest absolute Gasteiger partial charge is 0.163 e. The fourth-order valence-electron chi connectivity index (χ4n) is 3.37. The minimum atomic E-state index is 0.432. The van der Waals surface area contributed by atoms with Crippen LogP contribution in [0.5, 0.6) is 11.5 Å². The van der Waals surface area contributed by atoms with Gasteiger partial charge in [0, 0.05) is 30.4 Å². The predicted molar refractivity (Wildman–Crippen MR) is 111 cm³/mol. The Kier molecular flexibility index (Phi) is 4.89. The van der Waals surface area contributed by atoms with Gasteiger partial charge < -0.3 is 18.9 Å². The molecule has 28 heavy (non-hydrogen) atoms. The lowest BCUT2D eigenvalue weighted by Crippen LogP contribution is -2.24. The molecule has 0 saturated heterocycles. The van der Waals surface area contributed by atoms with Gasteiger partial charge in [-0.1, -0.05) is 18.2 Å². The number of anilines is 1. The molecule has 0 unspecified atom stereocenters. The average Bonchev–Trinajstić information content (AvgIpc) is 3.49. The standard InChI is InChI=1S/C21H23ClN4O2/c1-13(14-5-6-14)26(11-15-7-8-16(27-3)9-18(15)28-4)21-20-17(10-19(22)24-21)25(2)12-23-20/h7-10,12,14H,1,5-6,11H2,2-4H3. The van der Waals surface area contributed by atoms with E-state index in [9.17, 15) is 0 Å². The van der Waals surface area contributed by atoms with E-state index in [2.05, 4.69) is 21.4 Å². The number of halogens is 1. The molecular weight excluding hydrogens is 376 g/mol. The number of aryl methyl sites for hydroxylation is 1. The van der Waals surface area contributed by atoms with Crippen molar-refractivity contribution < 1.29 is 9.47 Å². The van der Waals surface area contributed by atoms with E-state index in [1.807, 2.05) is 35.9 Å². The highest BCUT2D eigenvalue weighted by Gasteiger charge is 2.31. The van der Waals surface area contributed by atoms with Crippen molar-refractivity contribution in [1.82, 2.24) is 14.5 Å². The number of aromatic nitrogens is 3. The summed E-state index contributed by atoms with van der Waals surface area (Å²) in [5.41, 5.74) is 3.78. The average molecular weight is 399 g/mol. The Hall–Kier alpha value is -2.73. The quantitative estimate of drug-likeness (QED) is 0.546. The first-order valence-electron chi connectivity index (χ1n) is 9.16. The second kappa shape index (κ2) is 7.36. The minimum absolute atomic E-state index is 0.432. The van der Waals surface area contributed by atoms with Crippen molar-refractivity contribution in [3.63, 3.8) is 0 Å². The van der Waals surface area contributed by atoms with Gasteiger partial charge in [-0.15, -0.1) is 0 Å². The molecule has 2 heterocycles. The number of hydrogen-bond acceptors (Lipinski definition) is 5. The summed E-state index contributed by atoms with van der Waals surface area (Å²) in [6, 6.07) is 7.65. The van der Waals surface area contributed by atoms with Crippen LogP contribution in [0.3, 0.4) is 0 Å². The second-order valence-electron chi connectivity index (χ2n) is 7.02. The molecule has 1 aliphatic rings. The van der Waals surface area contributed by atoms with E-state index < -0.39 is 0 Å². The van der Waals surface area contributed by atoms with Crippen LogP contribution in [0.1, 0.15) is 18.4 Å². The van der Waals surface area contributed by atoms with Crippen LogP contribution in [-0.4, -0.2) is 28.8 Å². The Morgan fingerprint density at radius 2 is 2.07 bits per heavy atom. The summed E-state index contributed by atoms with van der Waals surface area (Å²) in [7, 11) is 5.25. The maximum absolute atomic E-state index is 6.35. The first kappa shape index (κ1) is 18.6. The van der Waals surface area contributed by atoms with Crippen molar-refractivity contribution in [3.05, 3.63) is 53.6 Å². The largest absolute Gasteiger partial charge is 0.497 e. The van der Waals surface area contributed by atoms with Gasteiger partial charge >= 0.3 is 0 Å². The molecule has 2 aromatic heterocycles. The molecule has 146 valence electrons. The summed E-state index contributed by atoms with van der Waals surface area (Å²) in [5, 5.41) is 0.432. The van der Waals surface area contributed by atoms with E-state index in [1.54, 1.807) is 20.5 Å². The number of fused-ring (bicyclic) bond motifs is 1. The van der Waals surface area contributed by atoms with Crippen LogP contribution in [0.25, 0.3) is 11.0 Å². The van der Waals surface area contributed by atoms with Crippen LogP contribution in [0.2, 0.25) is 5.15 Å². The molecule has 0 atom stereocenters. The van der Waals surface area contributed by atoms with Gasteiger partial charge in [0.15, 0.2) is 5.82 Å². The Bertz CT molecular complexity index is 1040. The number of allylic oxidation sites excluding steroid dienone is 1.